The van der Waals surface area contributed by atoms with Crippen molar-refractivity contribution in [3.63, 3.8) is 0 Å². The monoisotopic (exact) mass is 293 g/mol. The number of hydrogen-bond donors (Lipinski definition) is 2. The largest absolute Gasteiger partial charge is 0.383 e. The molecule has 2 rings (SSSR count). The van der Waals surface area contributed by atoms with E-state index in [1.807, 2.05) is 24.3 Å². The number of amidine groups is 1. The molecule has 0 aliphatic rings. The van der Waals surface area contributed by atoms with Crippen molar-refractivity contribution < 1.29 is 0 Å². The van der Waals surface area contributed by atoms with E-state index in [-0.39, 0.29) is 5.84 Å². The quantitative estimate of drug-likeness (QED) is 0.653. The molecule has 0 amide bonds. The lowest BCUT2D eigenvalue weighted by atomic mass is 10.1. The number of nitrogens with zero attached hydrogens (tertiary/aromatic N) is 1. The molecule has 1 aromatic heterocycles. The fourth-order valence-corrected chi connectivity index (χ4v) is 3.00. The van der Waals surface area contributed by atoms with E-state index >= 15 is 0 Å². The van der Waals surface area contributed by atoms with Gasteiger partial charge in [-0.15, -0.1) is 11.3 Å². The molecule has 3 N–H and O–H groups in total. The van der Waals surface area contributed by atoms with Crippen LogP contribution >= 0.6 is 22.9 Å². The molecule has 0 spiro atoms. The van der Waals surface area contributed by atoms with Crippen molar-refractivity contribution >= 4 is 28.8 Å². The maximum atomic E-state index is 7.61. The van der Waals surface area contributed by atoms with Crippen molar-refractivity contribution in [2.75, 3.05) is 0 Å². The predicted octanol–water partition coefficient (Wildman–Crippen LogP) is 3.62. The molecule has 0 saturated carbocycles. The zero-order valence-electron chi connectivity index (χ0n) is 10.7. The molecular weight excluding hydrogens is 278 g/mol. The summed E-state index contributed by atoms with van der Waals surface area (Å²) in [6.07, 6.45) is 2.63. The lowest BCUT2D eigenvalue weighted by molar-refractivity contribution is 0.881. The highest BCUT2D eigenvalue weighted by Crippen LogP contribution is 2.22. The summed E-state index contributed by atoms with van der Waals surface area (Å²) in [4.78, 5) is 5.41. The third-order valence-corrected chi connectivity index (χ3v) is 4.12. The van der Waals surface area contributed by atoms with Crippen molar-refractivity contribution in [1.82, 2.24) is 4.98 Å². The first-order chi connectivity index (χ1) is 9.10. The first-order valence-corrected chi connectivity index (χ1v) is 7.37. The number of thiazole rings is 1. The highest BCUT2D eigenvalue weighted by atomic mass is 35.5. The molecule has 1 heterocycles. The number of aromatic nitrogens is 1. The number of aryl methyl sites for hydroxylation is 1. The molecule has 0 fully saturated rings. The number of hydrogen-bond acceptors (Lipinski definition) is 3. The molecule has 0 aliphatic carbocycles. The molecule has 0 saturated heterocycles. The van der Waals surface area contributed by atoms with E-state index in [4.69, 9.17) is 22.7 Å². The van der Waals surface area contributed by atoms with Gasteiger partial charge in [0.15, 0.2) is 0 Å². The van der Waals surface area contributed by atoms with Gasteiger partial charge in [-0.1, -0.05) is 37.1 Å². The Balaban J connectivity index is 2.23. The van der Waals surface area contributed by atoms with Crippen molar-refractivity contribution in [3.8, 4) is 0 Å². The fourth-order valence-electron chi connectivity index (χ4n) is 1.87. The minimum absolute atomic E-state index is 0.114. The maximum Gasteiger partial charge on any atom is 0.135 e. The zero-order valence-corrected chi connectivity index (χ0v) is 12.3. The Morgan fingerprint density at radius 1 is 1.37 bits per heavy atom. The van der Waals surface area contributed by atoms with Crippen molar-refractivity contribution in [2.45, 2.75) is 26.2 Å². The zero-order chi connectivity index (χ0) is 13.8. The first-order valence-electron chi connectivity index (χ1n) is 6.17. The number of halogens is 1. The minimum atomic E-state index is 0.114. The Morgan fingerprint density at radius 3 is 2.63 bits per heavy atom. The van der Waals surface area contributed by atoms with E-state index < -0.39 is 0 Å². The van der Waals surface area contributed by atoms with Gasteiger partial charge in [0.2, 0.25) is 0 Å². The number of nitrogens with one attached hydrogen (secondary N) is 1. The van der Waals surface area contributed by atoms with E-state index in [1.54, 1.807) is 0 Å². The molecule has 1 aromatic carbocycles. The van der Waals surface area contributed by atoms with Gasteiger partial charge in [0.1, 0.15) is 5.84 Å². The van der Waals surface area contributed by atoms with E-state index in [9.17, 15) is 0 Å². The second-order valence-corrected chi connectivity index (χ2v) is 5.87. The smallest absolute Gasteiger partial charge is 0.135 e. The van der Waals surface area contributed by atoms with Gasteiger partial charge >= 0.3 is 0 Å². The van der Waals surface area contributed by atoms with Crippen LogP contribution < -0.4 is 5.73 Å². The summed E-state index contributed by atoms with van der Waals surface area (Å²) >= 11 is 7.38. The predicted molar refractivity (Wildman–Crippen MR) is 81.4 cm³/mol. The Bertz CT molecular complexity index is 575. The second kappa shape index (κ2) is 6.17. The molecule has 0 unspecified atom stereocenters. The Morgan fingerprint density at radius 2 is 2.05 bits per heavy atom. The Kier molecular flexibility index (Phi) is 4.56. The van der Waals surface area contributed by atoms with Crippen LogP contribution in [0.5, 0.6) is 0 Å². The van der Waals surface area contributed by atoms with Crippen LogP contribution in [0.25, 0.3) is 0 Å². The van der Waals surface area contributed by atoms with Gasteiger partial charge in [0.05, 0.1) is 15.6 Å². The van der Waals surface area contributed by atoms with E-state index in [0.717, 1.165) is 45.4 Å². The van der Waals surface area contributed by atoms with Gasteiger partial charge in [-0.25, -0.2) is 4.98 Å². The van der Waals surface area contributed by atoms with Crippen molar-refractivity contribution in [3.05, 3.63) is 50.4 Å². The number of benzene rings is 1. The summed E-state index contributed by atoms with van der Waals surface area (Å²) in [5.74, 6) is 0.114. The summed E-state index contributed by atoms with van der Waals surface area (Å²) in [5, 5.41) is 9.34. The van der Waals surface area contributed by atoms with Gasteiger partial charge in [-0.3, -0.25) is 5.41 Å². The van der Waals surface area contributed by atoms with Crippen molar-refractivity contribution in [2.24, 2.45) is 5.73 Å². The molecule has 2 aromatic rings. The third kappa shape index (κ3) is 3.55. The van der Waals surface area contributed by atoms with Gasteiger partial charge < -0.3 is 5.73 Å². The summed E-state index contributed by atoms with van der Waals surface area (Å²) in [7, 11) is 0. The van der Waals surface area contributed by atoms with Crippen molar-refractivity contribution in [1.29, 1.82) is 5.41 Å². The van der Waals surface area contributed by atoms with Gasteiger partial charge in [0, 0.05) is 11.4 Å². The Labute approximate surface area is 122 Å². The molecule has 19 heavy (non-hydrogen) atoms. The second-order valence-electron chi connectivity index (χ2n) is 4.35. The number of nitrogens with two attached hydrogens (primary N) is 1. The SMILES string of the molecule is CCCc1nc(Cc2ccc(Cl)cc2)sc1C(=N)N. The van der Waals surface area contributed by atoms with Crippen LogP contribution in [0, 0.1) is 5.41 Å². The lowest BCUT2D eigenvalue weighted by Gasteiger charge is -1.97. The highest BCUT2D eigenvalue weighted by Gasteiger charge is 2.13. The summed E-state index contributed by atoms with van der Waals surface area (Å²) in [6, 6.07) is 7.75. The van der Waals surface area contributed by atoms with Crippen LogP contribution in [0.1, 0.15) is 34.5 Å². The van der Waals surface area contributed by atoms with Gasteiger partial charge in [-0.05, 0) is 24.1 Å². The minimum Gasteiger partial charge on any atom is -0.383 e. The highest BCUT2D eigenvalue weighted by molar-refractivity contribution is 7.13. The van der Waals surface area contributed by atoms with E-state index in [1.165, 1.54) is 11.3 Å². The Hall–Kier alpha value is -1.39. The molecule has 3 nitrogen and oxygen atoms in total. The van der Waals surface area contributed by atoms with Crippen LogP contribution in [0.15, 0.2) is 24.3 Å². The molecule has 0 bridgehead atoms. The fraction of sp³-hybridized carbons (Fsp3) is 0.286. The molecule has 100 valence electrons. The topological polar surface area (TPSA) is 62.8 Å². The average Bonchev–Trinajstić information content (AvgIpc) is 2.76. The molecular formula is C14H16ClN3S. The molecule has 5 heteroatoms. The summed E-state index contributed by atoms with van der Waals surface area (Å²) in [5.41, 5.74) is 7.72. The maximum absolute atomic E-state index is 7.61. The van der Waals surface area contributed by atoms with Crippen LogP contribution in [0.3, 0.4) is 0 Å². The summed E-state index contributed by atoms with van der Waals surface area (Å²) < 4.78 is 0. The van der Waals surface area contributed by atoms with E-state index in [0.29, 0.717) is 0 Å². The van der Waals surface area contributed by atoms with E-state index in [2.05, 4.69) is 11.9 Å². The van der Waals surface area contributed by atoms with Crippen LogP contribution in [-0.2, 0) is 12.8 Å². The van der Waals surface area contributed by atoms with Crippen LogP contribution in [0.4, 0.5) is 0 Å². The average molecular weight is 294 g/mol. The standard InChI is InChI=1S/C14H16ClN3S/c1-2-3-11-13(14(16)17)19-12(18-11)8-9-4-6-10(15)7-5-9/h4-7H,2-3,8H2,1H3,(H3,16,17). The molecule has 0 atom stereocenters. The summed E-state index contributed by atoms with van der Waals surface area (Å²) in [6.45, 7) is 2.10. The van der Waals surface area contributed by atoms with Crippen LogP contribution in [0.2, 0.25) is 5.02 Å². The molecule has 0 aliphatic heterocycles. The third-order valence-electron chi connectivity index (χ3n) is 2.74. The normalized spacial score (nSPS) is 10.6. The van der Waals surface area contributed by atoms with Gasteiger partial charge in [-0.2, -0.15) is 0 Å². The number of nitrogen functional groups attached to an aromatic ring is 1. The first kappa shape index (κ1) is 14.0. The number of rotatable bonds is 5. The van der Waals surface area contributed by atoms with Gasteiger partial charge in [0.25, 0.3) is 0 Å². The lowest BCUT2D eigenvalue weighted by Crippen LogP contribution is -2.11. The molecule has 0 radical (unpaired) electrons. The van der Waals surface area contributed by atoms with Crippen LogP contribution in [-0.4, -0.2) is 10.8 Å².